The Morgan fingerprint density at radius 1 is 1.39 bits per heavy atom. The lowest BCUT2D eigenvalue weighted by molar-refractivity contribution is 0.102. The highest BCUT2D eigenvalue weighted by atomic mass is 32.1. The van der Waals surface area contributed by atoms with Gasteiger partial charge in [-0.05, 0) is 19.9 Å². The van der Waals surface area contributed by atoms with E-state index in [9.17, 15) is 4.79 Å². The van der Waals surface area contributed by atoms with Crippen molar-refractivity contribution in [3.8, 4) is 0 Å². The molecule has 2 aromatic rings. The van der Waals surface area contributed by atoms with Crippen LogP contribution in [0.4, 0.5) is 10.8 Å². The van der Waals surface area contributed by atoms with E-state index in [0.29, 0.717) is 10.7 Å². The first-order valence-corrected chi connectivity index (χ1v) is 6.30. The van der Waals surface area contributed by atoms with Crippen LogP contribution in [0.3, 0.4) is 0 Å². The first kappa shape index (κ1) is 12.5. The van der Waals surface area contributed by atoms with E-state index < -0.39 is 0 Å². The van der Waals surface area contributed by atoms with E-state index in [-0.39, 0.29) is 5.91 Å². The van der Waals surface area contributed by atoms with E-state index in [0.717, 1.165) is 16.3 Å². The van der Waals surface area contributed by atoms with Crippen molar-refractivity contribution < 1.29 is 4.79 Å². The average Bonchev–Trinajstić information content (AvgIpc) is 2.68. The summed E-state index contributed by atoms with van der Waals surface area (Å²) in [6.07, 6.45) is 3.18. The standard InChI is InChI=1S/C12H14N4OS/c1-7-8(2)18-12(15-7)16-11(17)9-6-14-5-4-10(9)13-3/h4-6H,1-3H3,(H,13,14)(H,15,16,17). The minimum Gasteiger partial charge on any atom is -0.387 e. The van der Waals surface area contributed by atoms with E-state index in [2.05, 4.69) is 20.6 Å². The molecule has 0 fully saturated rings. The number of aromatic nitrogens is 2. The zero-order valence-electron chi connectivity index (χ0n) is 10.4. The quantitative estimate of drug-likeness (QED) is 0.891. The second-order valence-corrected chi connectivity index (χ2v) is 4.99. The topological polar surface area (TPSA) is 66.9 Å². The van der Waals surface area contributed by atoms with E-state index in [4.69, 9.17) is 0 Å². The predicted octanol–water partition coefficient (Wildman–Crippen LogP) is 2.45. The first-order chi connectivity index (χ1) is 8.61. The summed E-state index contributed by atoms with van der Waals surface area (Å²) in [7, 11) is 1.77. The smallest absolute Gasteiger partial charge is 0.261 e. The molecule has 2 heterocycles. The summed E-state index contributed by atoms with van der Waals surface area (Å²) in [6.45, 7) is 3.90. The Balaban J connectivity index is 2.22. The molecule has 0 aliphatic heterocycles. The lowest BCUT2D eigenvalue weighted by atomic mass is 10.2. The third kappa shape index (κ3) is 2.48. The number of thiazole rings is 1. The normalized spacial score (nSPS) is 10.2. The molecule has 1 amide bonds. The van der Waals surface area contributed by atoms with E-state index in [1.54, 1.807) is 19.3 Å². The molecular weight excluding hydrogens is 248 g/mol. The van der Waals surface area contributed by atoms with Gasteiger partial charge in [-0.15, -0.1) is 11.3 Å². The fourth-order valence-corrected chi connectivity index (χ4v) is 2.29. The average molecular weight is 262 g/mol. The summed E-state index contributed by atoms with van der Waals surface area (Å²) < 4.78 is 0. The maximum Gasteiger partial charge on any atom is 0.261 e. The number of hydrogen-bond donors (Lipinski definition) is 2. The molecule has 0 bridgehead atoms. The molecule has 0 radical (unpaired) electrons. The molecule has 0 saturated carbocycles. The number of nitrogens with zero attached hydrogens (tertiary/aromatic N) is 2. The zero-order chi connectivity index (χ0) is 13.1. The first-order valence-electron chi connectivity index (χ1n) is 5.49. The number of carbonyl (C=O) groups is 1. The summed E-state index contributed by atoms with van der Waals surface area (Å²) in [6, 6.07) is 1.76. The van der Waals surface area contributed by atoms with Crippen LogP contribution >= 0.6 is 11.3 Å². The van der Waals surface area contributed by atoms with Crippen molar-refractivity contribution in [3.63, 3.8) is 0 Å². The second-order valence-electron chi connectivity index (χ2n) is 3.79. The number of anilines is 2. The molecule has 18 heavy (non-hydrogen) atoms. The van der Waals surface area contributed by atoms with Crippen LogP contribution in [0, 0.1) is 13.8 Å². The molecule has 0 atom stereocenters. The van der Waals surface area contributed by atoms with Crippen molar-refractivity contribution in [2.24, 2.45) is 0 Å². The maximum absolute atomic E-state index is 12.1. The molecule has 0 unspecified atom stereocenters. The number of carbonyl (C=O) groups excluding carboxylic acids is 1. The number of amides is 1. The molecular formula is C12H14N4OS. The number of pyridine rings is 1. The van der Waals surface area contributed by atoms with Crippen LogP contribution in [-0.2, 0) is 0 Å². The fraction of sp³-hybridized carbons (Fsp3) is 0.250. The minimum absolute atomic E-state index is 0.207. The van der Waals surface area contributed by atoms with Crippen molar-refractivity contribution >= 4 is 28.1 Å². The highest BCUT2D eigenvalue weighted by Gasteiger charge is 2.13. The molecule has 94 valence electrons. The van der Waals surface area contributed by atoms with Crippen molar-refractivity contribution in [1.82, 2.24) is 9.97 Å². The Hall–Kier alpha value is -1.95. The van der Waals surface area contributed by atoms with Crippen LogP contribution in [0.25, 0.3) is 0 Å². The van der Waals surface area contributed by atoms with Gasteiger partial charge in [-0.2, -0.15) is 0 Å². The predicted molar refractivity (Wildman–Crippen MR) is 73.3 cm³/mol. The Labute approximate surface area is 109 Å². The van der Waals surface area contributed by atoms with Crippen LogP contribution in [0.15, 0.2) is 18.5 Å². The lowest BCUT2D eigenvalue weighted by Crippen LogP contribution is -2.14. The summed E-state index contributed by atoms with van der Waals surface area (Å²) in [5.41, 5.74) is 2.19. The van der Waals surface area contributed by atoms with E-state index >= 15 is 0 Å². The van der Waals surface area contributed by atoms with Gasteiger partial charge in [0.05, 0.1) is 11.3 Å². The van der Waals surface area contributed by atoms with Crippen LogP contribution in [0.5, 0.6) is 0 Å². The molecule has 2 aromatic heterocycles. The summed E-state index contributed by atoms with van der Waals surface area (Å²) in [5.74, 6) is -0.207. The molecule has 5 nitrogen and oxygen atoms in total. The van der Waals surface area contributed by atoms with Crippen molar-refractivity contribution in [2.75, 3.05) is 17.7 Å². The molecule has 0 spiro atoms. The third-order valence-electron chi connectivity index (χ3n) is 2.58. The summed E-state index contributed by atoms with van der Waals surface area (Å²) in [5, 5.41) is 6.36. The van der Waals surface area contributed by atoms with Crippen LogP contribution in [0.2, 0.25) is 0 Å². The van der Waals surface area contributed by atoms with Gasteiger partial charge in [0.15, 0.2) is 5.13 Å². The third-order valence-corrected chi connectivity index (χ3v) is 3.57. The van der Waals surface area contributed by atoms with Crippen LogP contribution in [-0.4, -0.2) is 22.9 Å². The Morgan fingerprint density at radius 3 is 2.78 bits per heavy atom. The van der Waals surface area contributed by atoms with Gasteiger partial charge in [0, 0.05) is 30.0 Å². The maximum atomic E-state index is 12.1. The number of nitrogens with one attached hydrogen (secondary N) is 2. The largest absolute Gasteiger partial charge is 0.387 e. The van der Waals surface area contributed by atoms with Crippen molar-refractivity contribution in [1.29, 1.82) is 0 Å². The number of hydrogen-bond acceptors (Lipinski definition) is 5. The van der Waals surface area contributed by atoms with Gasteiger partial charge in [0.2, 0.25) is 0 Å². The molecule has 0 saturated heterocycles. The van der Waals surface area contributed by atoms with Gasteiger partial charge in [0.25, 0.3) is 5.91 Å². The summed E-state index contributed by atoms with van der Waals surface area (Å²) in [4.78, 5) is 21.4. The van der Waals surface area contributed by atoms with Gasteiger partial charge in [0.1, 0.15) is 0 Å². The molecule has 2 N–H and O–H groups in total. The minimum atomic E-state index is -0.207. The molecule has 0 aromatic carbocycles. The van der Waals surface area contributed by atoms with Crippen LogP contribution in [0.1, 0.15) is 20.9 Å². The number of rotatable bonds is 3. The molecule has 0 aliphatic rings. The monoisotopic (exact) mass is 262 g/mol. The van der Waals surface area contributed by atoms with Gasteiger partial charge in [-0.3, -0.25) is 15.1 Å². The SMILES string of the molecule is CNc1ccncc1C(=O)Nc1nc(C)c(C)s1. The number of aryl methyl sites for hydroxylation is 2. The van der Waals surface area contributed by atoms with E-state index in [1.165, 1.54) is 17.5 Å². The van der Waals surface area contributed by atoms with Crippen molar-refractivity contribution in [3.05, 3.63) is 34.6 Å². The van der Waals surface area contributed by atoms with Crippen molar-refractivity contribution in [2.45, 2.75) is 13.8 Å². The van der Waals surface area contributed by atoms with Gasteiger partial charge in [-0.1, -0.05) is 0 Å². The summed E-state index contributed by atoms with van der Waals surface area (Å²) >= 11 is 1.47. The fourth-order valence-electron chi connectivity index (χ4n) is 1.48. The van der Waals surface area contributed by atoms with Gasteiger partial charge < -0.3 is 5.32 Å². The zero-order valence-corrected chi connectivity index (χ0v) is 11.3. The highest BCUT2D eigenvalue weighted by Crippen LogP contribution is 2.22. The lowest BCUT2D eigenvalue weighted by Gasteiger charge is -2.06. The highest BCUT2D eigenvalue weighted by molar-refractivity contribution is 7.15. The van der Waals surface area contributed by atoms with Crippen LogP contribution < -0.4 is 10.6 Å². The van der Waals surface area contributed by atoms with E-state index in [1.807, 2.05) is 13.8 Å². The second kappa shape index (κ2) is 5.14. The molecule has 0 aliphatic carbocycles. The molecule has 6 heteroatoms. The Bertz CT molecular complexity index is 560. The van der Waals surface area contributed by atoms with Gasteiger partial charge in [-0.25, -0.2) is 4.98 Å². The molecule has 2 rings (SSSR count). The Morgan fingerprint density at radius 2 is 2.17 bits per heavy atom. The Kier molecular flexibility index (Phi) is 3.57. The van der Waals surface area contributed by atoms with Gasteiger partial charge >= 0.3 is 0 Å².